The number of hydrogen-bond donors (Lipinski definition) is 0. The molecule has 1 atom stereocenters. The van der Waals surface area contributed by atoms with Gasteiger partial charge in [0.15, 0.2) is 0 Å². The molecular weight excluding hydrogens is 326 g/mol. The largest absolute Gasteiger partial charge is 0.264 e. The van der Waals surface area contributed by atoms with E-state index < -0.39 is 0 Å². The summed E-state index contributed by atoms with van der Waals surface area (Å²) in [5, 5.41) is 10.4. The molecule has 0 radical (unpaired) electrons. The lowest BCUT2D eigenvalue weighted by Gasteiger charge is -2.07. The van der Waals surface area contributed by atoms with Gasteiger partial charge in [0.25, 0.3) is 0 Å². The monoisotopic (exact) mass is 335 g/mol. The Morgan fingerprint density at radius 3 is 3.21 bits per heavy atom. The number of hydrogen-bond acceptors (Lipinski definition) is 3. The molecule has 0 N–H and O–H groups in total. The van der Waals surface area contributed by atoms with Gasteiger partial charge in [-0.05, 0) is 39.7 Å². The highest BCUT2D eigenvalue weighted by atomic mass is 79.9. The van der Waals surface area contributed by atoms with Crippen molar-refractivity contribution in [3.63, 3.8) is 0 Å². The van der Waals surface area contributed by atoms with Crippen LogP contribution in [0.5, 0.6) is 0 Å². The smallest absolute Gasteiger partial charge is 0.0769 e. The van der Waals surface area contributed by atoms with E-state index in [1.807, 2.05) is 17.8 Å². The summed E-state index contributed by atoms with van der Waals surface area (Å²) in [6.07, 6.45) is 1.85. The summed E-state index contributed by atoms with van der Waals surface area (Å²) in [7, 11) is 0. The zero-order valence-corrected chi connectivity index (χ0v) is 12.5. The molecule has 0 aliphatic carbocycles. The van der Waals surface area contributed by atoms with Crippen molar-refractivity contribution in [2.24, 2.45) is 5.11 Å². The molecule has 7 heteroatoms. The summed E-state index contributed by atoms with van der Waals surface area (Å²) < 4.78 is 4.24. The van der Waals surface area contributed by atoms with Crippen molar-refractivity contribution in [1.29, 1.82) is 0 Å². The Hall–Kier alpha value is -1.56. The molecule has 0 saturated heterocycles. The first-order valence-corrected chi connectivity index (χ1v) is 7.38. The summed E-state index contributed by atoms with van der Waals surface area (Å²) >= 11 is 5.22. The molecule has 0 fully saturated rings. The maximum atomic E-state index is 8.48. The fourth-order valence-electron chi connectivity index (χ4n) is 2.18. The molecule has 0 unspecified atom stereocenters. The third kappa shape index (κ3) is 2.20. The summed E-state index contributed by atoms with van der Waals surface area (Å²) in [4.78, 5) is 2.84. The van der Waals surface area contributed by atoms with Gasteiger partial charge in [0.1, 0.15) is 0 Å². The minimum Gasteiger partial charge on any atom is -0.264 e. The van der Waals surface area contributed by atoms with Crippen LogP contribution in [-0.4, -0.2) is 15.8 Å². The van der Waals surface area contributed by atoms with Crippen LogP contribution in [0.25, 0.3) is 31.4 Å². The number of azide groups is 1. The number of nitrogens with zero attached hydrogens (tertiary/aromatic N) is 5. The molecule has 0 amide bonds. The Labute approximate surface area is 121 Å². The van der Waals surface area contributed by atoms with E-state index in [9.17, 15) is 0 Å². The second kappa shape index (κ2) is 4.85. The molecule has 3 rings (SSSR count). The van der Waals surface area contributed by atoms with Crippen LogP contribution in [0.15, 0.2) is 33.3 Å². The Balaban J connectivity index is 2.19. The van der Waals surface area contributed by atoms with Gasteiger partial charge in [-0.2, -0.15) is 5.10 Å². The molecule has 96 valence electrons. The molecular formula is C12H10BrN5S. The van der Waals surface area contributed by atoms with Crippen LogP contribution in [0.4, 0.5) is 0 Å². The molecule has 19 heavy (non-hydrogen) atoms. The van der Waals surface area contributed by atoms with Gasteiger partial charge in [-0.1, -0.05) is 12.0 Å². The van der Waals surface area contributed by atoms with Gasteiger partial charge in [-0.15, -0.1) is 11.3 Å². The highest BCUT2D eigenvalue weighted by molar-refractivity contribution is 9.11. The molecule has 1 aromatic carbocycles. The van der Waals surface area contributed by atoms with E-state index in [4.69, 9.17) is 5.53 Å². The van der Waals surface area contributed by atoms with Gasteiger partial charge in [0.2, 0.25) is 0 Å². The summed E-state index contributed by atoms with van der Waals surface area (Å²) in [5.74, 6) is 0. The minimum atomic E-state index is -0.120. The first kappa shape index (κ1) is 12.5. The predicted octanol–water partition coefficient (Wildman–Crippen LogP) is 4.71. The molecule has 5 nitrogen and oxygen atoms in total. The van der Waals surface area contributed by atoms with E-state index in [2.05, 4.69) is 49.3 Å². The topological polar surface area (TPSA) is 66.6 Å². The zero-order valence-electron chi connectivity index (χ0n) is 10.1. The van der Waals surface area contributed by atoms with Crippen molar-refractivity contribution in [2.45, 2.75) is 19.5 Å². The van der Waals surface area contributed by atoms with Crippen LogP contribution in [0.1, 0.15) is 6.92 Å². The van der Waals surface area contributed by atoms with Gasteiger partial charge >= 0.3 is 0 Å². The van der Waals surface area contributed by atoms with Gasteiger partial charge in [-0.25, -0.2) is 0 Å². The van der Waals surface area contributed by atoms with Crippen LogP contribution in [0, 0.1) is 0 Å². The normalized spacial score (nSPS) is 12.7. The average molecular weight is 336 g/mol. The highest BCUT2D eigenvalue weighted by Crippen LogP contribution is 2.34. The van der Waals surface area contributed by atoms with E-state index in [1.54, 1.807) is 11.3 Å². The maximum absolute atomic E-state index is 8.48. The quantitative estimate of drug-likeness (QED) is 0.388. The fourth-order valence-corrected chi connectivity index (χ4v) is 3.72. The van der Waals surface area contributed by atoms with Crippen molar-refractivity contribution in [3.05, 3.63) is 38.6 Å². The van der Waals surface area contributed by atoms with Crippen LogP contribution < -0.4 is 0 Å². The maximum Gasteiger partial charge on any atom is 0.0769 e. The number of thiophene rings is 1. The van der Waals surface area contributed by atoms with Crippen LogP contribution in [0.3, 0.4) is 0 Å². The van der Waals surface area contributed by atoms with Crippen molar-refractivity contribution >= 4 is 48.3 Å². The molecule has 0 aliphatic rings. The standard InChI is InChI=1S/C12H10BrN5S/c1-7(16-17-14)6-18-12-8(5-15-18)2-3-10-9(12)4-11(13)19-10/h2-5,7H,6H2,1H3/t7-/m0/s1. The fraction of sp³-hybridized carbons (Fsp3) is 0.250. The van der Waals surface area contributed by atoms with E-state index in [-0.39, 0.29) is 6.04 Å². The summed E-state index contributed by atoms with van der Waals surface area (Å²) in [5.41, 5.74) is 9.57. The Morgan fingerprint density at radius 2 is 2.42 bits per heavy atom. The zero-order chi connectivity index (χ0) is 13.4. The van der Waals surface area contributed by atoms with Crippen molar-refractivity contribution in [3.8, 4) is 0 Å². The van der Waals surface area contributed by atoms with Crippen molar-refractivity contribution < 1.29 is 0 Å². The number of halogens is 1. The van der Waals surface area contributed by atoms with E-state index in [0.29, 0.717) is 6.54 Å². The van der Waals surface area contributed by atoms with E-state index in [1.165, 1.54) is 10.1 Å². The number of benzene rings is 1. The average Bonchev–Trinajstić information content (AvgIpc) is 2.92. The Kier molecular flexibility index (Phi) is 3.18. The van der Waals surface area contributed by atoms with Crippen LogP contribution >= 0.6 is 27.3 Å². The number of fused-ring (bicyclic) bond motifs is 3. The number of rotatable bonds is 3. The van der Waals surface area contributed by atoms with Gasteiger partial charge in [0.05, 0.1) is 21.5 Å². The SMILES string of the molecule is C[C@@H](Cn1ncc2ccc3sc(Br)cc3c21)N=[N+]=[N-]. The van der Waals surface area contributed by atoms with Gasteiger partial charge in [0, 0.05) is 26.9 Å². The molecule has 0 saturated carbocycles. The lowest BCUT2D eigenvalue weighted by molar-refractivity contribution is 0.552. The highest BCUT2D eigenvalue weighted by Gasteiger charge is 2.11. The molecule has 2 aromatic heterocycles. The van der Waals surface area contributed by atoms with Gasteiger partial charge < -0.3 is 0 Å². The summed E-state index contributed by atoms with van der Waals surface area (Å²) in [6.45, 7) is 2.47. The molecule has 0 aliphatic heterocycles. The molecule has 0 spiro atoms. The predicted molar refractivity (Wildman–Crippen MR) is 81.4 cm³/mol. The van der Waals surface area contributed by atoms with E-state index in [0.717, 1.165) is 14.7 Å². The molecule has 3 aromatic rings. The third-order valence-electron chi connectivity index (χ3n) is 2.95. The van der Waals surface area contributed by atoms with Crippen LogP contribution in [0.2, 0.25) is 0 Å². The van der Waals surface area contributed by atoms with Gasteiger partial charge in [-0.3, -0.25) is 4.68 Å². The number of aromatic nitrogens is 2. The molecule has 0 bridgehead atoms. The lowest BCUT2D eigenvalue weighted by Crippen LogP contribution is -2.10. The van der Waals surface area contributed by atoms with Crippen molar-refractivity contribution in [1.82, 2.24) is 9.78 Å². The first-order chi connectivity index (χ1) is 9.19. The second-order valence-corrected chi connectivity index (χ2v) is 6.81. The first-order valence-electron chi connectivity index (χ1n) is 5.77. The lowest BCUT2D eigenvalue weighted by atomic mass is 10.2. The Morgan fingerprint density at radius 1 is 1.58 bits per heavy atom. The van der Waals surface area contributed by atoms with Crippen LogP contribution in [-0.2, 0) is 6.54 Å². The summed E-state index contributed by atoms with van der Waals surface area (Å²) in [6, 6.07) is 6.17. The minimum absolute atomic E-state index is 0.120. The van der Waals surface area contributed by atoms with E-state index >= 15 is 0 Å². The molecule has 2 heterocycles. The Bertz CT molecular complexity index is 799. The second-order valence-electron chi connectivity index (χ2n) is 4.35. The van der Waals surface area contributed by atoms with Crippen molar-refractivity contribution in [2.75, 3.05) is 0 Å². The third-order valence-corrected chi connectivity index (χ3v) is 4.56.